The molecule has 3 atom stereocenters. The third-order valence-electron chi connectivity index (χ3n) is 9.36. The maximum Gasteiger partial charge on any atom is 0.357 e. The summed E-state index contributed by atoms with van der Waals surface area (Å²) < 4.78 is 26.7. The summed E-state index contributed by atoms with van der Waals surface area (Å²) in [5, 5.41) is 0. The van der Waals surface area contributed by atoms with Crippen molar-refractivity contribution in [3.63, 3.8) is 0 Å². The number of esters is 3. The molecule has 3 aliphatic heterocycles. The number of amides is 1. The number of amidine groups is 1. The molecule has 252 valence electrons. The van der Waals surface area contributed by atoms with Crippen LogP contribution in [0.15, 0.2) is 69.2 Å². The Bertz CT molecular complexity index is 2010. The van der Waals surface area contributed by atoms with Crippen molar-refractivity contribution in [2.24, 2.45) is 4.99 Å². The van der Waals surface area contributed by atoms with Gasteiger partial charge >= 0.3 is 17.9 Å². The van der Waals surface area contributed by atoms with E-state index >= 15 is 0 Å². The van der Waals surface area contributed by atoms with Gasteiger partial charge in [0.05, 0.1) is 57.6 Å². The van der Waals surface area contributed by atoms with Crippen LogP contribution in [0.1, 0.15) is 40.8 Å². The quantitative estimate of drug-likeness (QED) is 0.206. The summed E-state index contributed by atoms with van der Waals surface area (Å²) in [5.74, 6) is 4.62. The Balaban J connectivity index is 1.70. The highest BCUT2D eigenvalue weighted by Crippen LogP contribution is 2.58. The molecule has 12 nitrogen and oxygen atoms in total. The van der Waals surface area contributed by atoms with E-state index in [9.17, 15) is 19.2 Å². The van der Waals surface area contributed by atoms with Crippen molar-refractivity contribution < 1.29 is 42.5 Å². The van der Waals surface area contributed by atoms with Crippen LogP contribution in [0.2, 0.25) is 0 Å². The molecule has 4 heterocycles. The van der Waals surface area contributed by atoms with Gasteiger partial charge in [-0.05, 0) is 74.2 Å². The Morgan fingerprint density at radius 2 is 1.63 bits per heavy atom. The molecular weight excluding hydrogens is 630 g/mol. The molecule has 2 aromatic carbocycles. The van der Waals surface area contributed by atoms with Gasteiger partial charge in [0.15, 0.2) is 5.70 Å². The minimum Gasteiger partial charge on any atom is -0.497 e. The lowest BCUT2D eigenvalue weighted by Crippen LogP contribution is -2.56. The first-order valence-corrected chi connectivity index (χ1v) is 15.5. The van der Waals surface area contributed by atoms with Gasteiger partial charge in [0.1, 0.15) is 29.1 Å². The van der Waals surface area contributed by atoms with Gasteiger partial charge in [-0.2, -0.15) is 0 Å². The summed E-state index contributed by atoms with van der Waals surface area (Å²) in [5.41, 5.74) is 1.50. The first-order valence-electron chi connectivity index (χ1n) is 15.5. The number of rotatable bonds is 7. The second-order valence-electron chi connectivity index (χ2n) is 11.8. The molecule has 1 amide bonds. The largest absolute Gasteiger partial charge is 0.497 e. The van der Waals surface area contributed by atoms with Crippen LogP contribution in [0.5, 0.6) is 5.75 Å². The summed E-state index contributed by atoms with van der Waals surface area (Å²) >= 11 is 0. The number of likely N-dealkylation sites (tertiary alicyclic amines) is 1. The van der Waals surface area contributed by atoms with E-state index < -0.39 is 41.3 Å². The summed E-state index contributed by atoms with van der Waals surface area (Å²) in [7, 11) is 5.21. The van der Waals surface area contributed by atoms with Gasteiger partial charge in [0.25, 0.3) is 5.91 Å². The second kappa shape index (κ2) is 12.6. The fourth-order valence-electron chi connectivity index (χ4n) is 7.27. The molecule has 3 aliphatic rings. The molecule has 0 bridgehead atoms. The highest BCUT2D eigenvalue weighted by atomic mass is 16.5. The van der Waals surface area contributed by atoms with Crippen molar-refractivity contribution in [2.45, 2.75) is 44.7 Å². The fraction of sp³-hybridized carbons (Fsp3) is 0.324. The molecule has 3 aromatic rings. The molecule has 0 aliphatic carbocycles. The molecule has 0 saturated carbocycles. The molecule has 1 fully saturated rings. The number of benzene rings is 2. The molecule has 1 aromatic heterocycles. The summed E-state index contributed by atoms with van der Waals surface area (Å²) in [6.07, 6.45) is -0.0329. The fourth-order valence-corrected chi connectivity index (χ4v) is 7.27. The number of hydrogen-bond acceptors (Lipinski definition) is 11. The summed E-state index contributed by atoms with van der Waals surface area (Å²) in [4.78, 5) is 63.5. The van der Waals surface area contributed by atoms with Gasteiger partial charge in [-0.15, -0.1) is 5.92 Å². The lowest BCUT2D eigenvalue weighted by atomic mass is 9.69. The predicted molar refractivity (Wildman–Crippen MR) is 178 cm³/mol. The number of furan rings is 1. The number of aliphatic imine (C=N–C) groups is 1. The second-order valence-corrected chi connectivity index (χ2v) is 11.8. The molecule has 49 heavy (non-hydrogen) atoms. The Kier molecular flexibility index (Phi) is 8.54. The smallest absolute Gasteiger partial charge is 0.357 e. The summed E-state index contributed by atoms with van der Waals surface area (Å²) in [6.45, 7) is 5.19. The van der Waals surface area contributed by atoms with E-state index in [0.29, 0.717) is 28.5 Å². The average molecular weight is 666 g/mol. The number of aryl methyl sites for hydroxylation is 2. The first kappa shape index (κ1) is 33.1. The van der Waals surface area contributed by atoms with Gasteiger partial charge in [-0.25, -0.2) is 19.4 Å². The van der Waals surface area contributed by atoms with E-state index in [0.717, 1.165) is 11.1 Å². The molecule has 1 saturated heterocycles. The zero-order valence-corrected chi connectivity index (χ0v) is 28.2. The predicted octanol–water partition coefficient (Wildman–Crippen LogP) is 4.12. The lowest BCUT2D eigenvalue weighted by Gasteiger charge is -2.40. The van der Waals surface area contributed by atoms with Gasteiger partial charge in [0.2, 0.25) is 0 Å². The summed E-state index contributed by atoms with van der Waals surface area (Å²) in [6, 6.07) is 12.7. The van der Waals surface area contributed by atoms with Crippen molar-refractivity contribution in [2.75, 3.05) is 39.9 Å². The molecular formula is C37H35N3O9. The molecule has 12 heteroatoms. The maximum absolute atomic E-state index is 14.6. The standard InChI is InChI=1S/C37H35N3O9/c1-8-9-16-39-27-15-12-23(22-10-13-24(45-4)14-11-22)18-26(27)37-19-28(33(42)46-5)40(32(41)25-17-20(2)49-21(25)3)36(37)38-30(35(44)48-7)29(31(37)39)34(43)47-6/h10-15,17-18,28,31H,16,19H2,1-7H3/t28-,31?,37-/m0/s1. The van der Waals surface area contributed by atoms with Gasteiger partial charge in [0, 0.05) is 5.69 Å². The normalized spacial score (nSPS) is 20.3. The van der Waals surface area contributed by atoms with E-state index in [1.54, 1.807) is 33.9 Å². The highest BCUT2D eigenvalue weighted by Gasteiger charge is 2.68. The number of hydrogen-bond donors (Lipinski definition) is 0. The Morgan fingerprint density at radius 3 is 2.22 bits per heavy atom. The molecule has 0 radical (unpaired) electrons. The zero-order chi connectivity index (χ0) is 35.2. The number of nitrogens with zero attached hydrogens (tertiary/aromatic N) is 3. The number of methoxy groups -OCH3 is 4. The van der Waals surface area contributed by atoms with Crippen molar-refractivity contribution in [1.29, 1.82) is 0 Å². The van der Waals surface area contributed by atoms with Crippen molar-refractivity contribution in [3.8, 4) is 28.7 Å². The van der Waals surface area contributed by atoms with Gasteiger partial charge in [-0.1, -0.05) is 24.1 Å². The van der Waals surface area contributed by atoms with E-state index in [2.05, 4.69) is 11.8 Å². The van der Waals surface area contributed by atoms with Crippen LogP contribution >= 0.6 is 0 Å². The molecule has 6 rings (SSSR count). The zero-order valence-electron chi connectivity index (χ0n) is 28.2. The number of carbonyl (C=O) groups is 4. The minimum atomic E-state index is -1.34. The number of ether oxygens (including phenoxy) is 4. The Hall–Kier alpha value is -5.83. The van der Waals surface area contributed by atoms with Crippen molar-refractivity contribution in [1.82, 2.24) is 4.90 Å². The van der Waals surface area contributed by atoms with Crippen LogP contribution in [0.25, 0.3) is 11.1 Å². The van der Waals surface area contributed by atoms with E-state index in [-0.39, 0.29) is 35.6 Å². The third-order valence-corrected chi connectivity index (χ3v) is 9.36. The lowest BCUT2D eigenvalue weighted by molar-refractivity contribution is -0.144. The highest BCUT2D eigenvalue weighted by molar-refractivity contribution is 6.20. The molecule has 1 spiro atoms. The maximum atomic E-state index is 14.6. The van der Waals surface area contributed by atoms with Crippen LogP contribution in [-0.2, 0) is 34.0 Å². The van der Waals surface area contributed by atoms with Gasteiger partial charge in [-0.3, -0.25) is 9.69 Å². The van der Waals surface area contributed by atoms with Crippen LogP contribution in [0, 0.1) is 25.7 Å². The number of fused-ring (bicyclic) bond motifs is 1. The Labute approximate surface area is 283 Å². The minimum absolute atomic E-state index is 0.0329. The SMILES string of the molecule is CC#CCN1c2ccc(-c3ccc(OC)cc3)cc2[C@]23C[C@@H](C(=O)OC)N(C(=O)c4cc(C)oc4C)C2=NC(C(=O)OC)=C(C(=O)OC)C13. The van der Waals surface area contributed by atoms with E-state index in [4.69, 9.17) is 28.4 Å². The molecule has 0 N–H and O–H groups in total. The van der Waals surface area contributed by atoms with E-state index in [1.165, 1.54) is 26.2 Å². The number of anilines is 1. The third kappa shape index (κ3) is 5.04. The van der Waals surface area contributed by atoms with Gasteiger partial charge < -0.3 is 28.3 Å². The van der Waals surface area contributed by atoms with Crippen LogP contribution in [0.3, 0.4) is 0 Å². The first-order chi connectivity index (χ1) is 23.6. The van der Waals surface area contributed by atoms with Crippen molar-refractivity contribution in [3.05, 3.63) is 82.4 Å². The number of carbonyl (C=O) groups excluding carboxylic acids is 4. The monoisotopic (exact) mass is 665 g/mol. The van der Waals surface area contributed by atoms with Crippen LogP contribution in [-0.4, -0.2) is 81.6 Å². The van der Waals surface area contributed by atoms with Crippen LogP contribution < -0.4 is 9.64 Å². The van der Waals surface area contributed by atoms with Crippen LogP contribution in [0.4, 0.5) is 5.69 Å². The van der Waals surface area contributed by atoms with E-state index in [1.807, 2.05) is 47.4 Å². The van der Waals surface area contributed by atoms with Crippen molar-refractivity contribution >= 4 is 35.3 Å². The molecule has 1 unspecified atom stereocenters. The Morgan fingerprint density at radius 1 is 0.939 bits per heavy atom. The average Bonchev–Trinajstić information content (AvgIpc) is 3.75. The topological polar surface area (TPSA) is 137 Å².